The summed E-state index contributed by atoms with van der Waals surface area (Å²) in [6.45, 7) is 0. The standard InChI is InChI=1S/C16H23ClN2O2/c17-12-7-4-8-13(10-12)19-16(21)15(20)14(18)9-11-5-2-1-3-6-11/h4,7-8,10-11,14-15,20H,1-3,5-6,9,18H2,(H,19,21). The van der Waals surface area contributed by atoms with Crippen molar-refractivity contribution in [2.45, 2.75) is 50.7 Å². The van der Waals surface area contributed by atoms with Crippen molar-refractivity contribution in [1.29, 1.82) is 0 Å². The third kappa shape index (κ3) is 4.99. The highest BCUT2D eigenvalue weighted by Gasteiger charge is 2.26. The summed E-state index contributed by atoms with van der Waals surface area (Å²) in [5.41, 5.74) is 6.56. The normalized spacial score (nSPS) is 19.0. The van der Waals surface area contributed by atoms with Crippen LogP contribution in [0.5, 0.6) is 0 Å². The number of carbonyl (C=O) groups is 1. The van der Waals surface area contributed by atoms with E-state index in [4.69, 9.17) is 17.3 Å². The Kier molecular flexibility index (Phi) is 6.03. The molecule has 5 heteroatoms. The molecule has 1 aromatic rings. The van der Waals surface area contributed by atoms with E-state index in [1.807, 2.05) is 0 Å². The number of hydrogen-bond donors (Lipinski definition) is 3. The van der Waals surface area contributed by atoms with Gasteiger partial charge in [-0.1, -0.05) is 49.8 Å². The number of nitrogens with two attached hydrogens (primary N) is 1. The summed E-state index contributed by atoms with van der Waals surface area (Å²) < 4.78 is 0. The molecular weight excluding hydrogens is 288 g/mol. The second-order valence-corrected chi connectivity index (χ2v) is 6.28. The Morgan fingerprint density at radius 3 is 2.76 bits per heavy atom. The van der Waals surface area contributed by atoms with Crippen LogP contribution in [0.25, 0.3) is 0 Å². The lowest BCUT2D eigenvalue weighted by Crippen LogP contribution is -2.44. The molecule has 1 amide bonds. The van der Waals surface area contributed by atoms with Gasteiger partial charge in [0, 0.05) is 16.8 Å². The van der Waals surface area contributed by atoms with Gasteiger partial charge < -0.3 is 16.2 Å². The fourth-order valence-corrected chi connectivity index (χ4v) is 3.10. The van der Waals surface area contributed by atoms with Crippen molar-refractivity contribution in [3.8, 4) is 0 Å². The van der Waals surface area contributed by atoms with Crippen LogP contribution in [0.15, 0.2) is 24.3 Å². The highest BCUT2D eigenvalue weighted by molar-refractivity contribution is 6.30. The predicted octanol–water partition coefficient (Wildman–Crippen LogP) is 2.94. The summed E-state index contributed by atoms with van der Waals surface area (Å²) in [6, 6.07) is 6.31. The van der Waals surface area contributed by atoms with Crippen LogP contribution >= 0.6 is 11.6 Å². The highest BCUT2D eigenvalue weighted by atomic mass is 35.5. The van der Waals surface area contributed by atoms with Crippen LogP contribution in [0.4, 0.5) is 5.69 Å². The average Bonchev–Trinajstić information content (AvgIpc) is 2.47. The zero-order valence-corrected chi connectivity index (χ0v) is 12.9. The largest absolute Gasteiger partial charge is 0.382 e. The minimum absolute atomic E-state index is 0.472. The number of hydrogen-bond acceptors (Lipinski definition) is 3. The SMILES string of the molecule is NC(CC1CCCCC1)C(O)C(=O)Nc1cccc(Cl)c1. The molecule has 1 aliphatic rings. The second kappa shape index (κ2) is 7.78. The maximum Gasteiger partial charge on any atom is 0.254 e. The summed E-state index contributed by atoms with van der Waals surface area (Å²) >= 11 is 5.86. The summed E-state index contributed by atoms with van der Waals surface area (Å²) in [6.07, 6.45) is 5.54. The molecule has 1 aliphatic carbocycles. The van der Waals surface area contributed by atoms with Gasteiger partial charge in [0.05, 0.1) is 0 Å². The first-order valence-corrected chi connectivity index (χ1v) is 7.94. The van der Waals surface area contributed by atoms with Crippen LogP contribution in [0.2, 0.25) is 5.02 Å². The molecular formula is C16H23ClN2O2. The maximum atomic E-state index is 12.0. The number of halogens is 1. The monoisotopic (exact) mass is 310 g/mol. The van der Waals surface area contributed by atoms with E-state index >= 15 is 0 Å². The van der Waals surface area contributed by atoms with Crippen molar-refractivity contribution < 1.29 is 9.90 Å². The Hall–Kier alpha value is -1.10. The average molecular weight is 311 g/mol. The summed E-state index contributed by atoms with van der Waals surface area (Å²) in [4.78, 5) is 12.0. The summed E-state index contributed by atoms with van der Waals surface area (Å²) in [5, 5.41) is 13.3. The van der Waals surface area contributed by atoms with Crippen LogP contribution in [0.1, 0.15) is 38.5 Å². The molecule has 2 rings (SSSR count). The molecule has 2 unspecified atom stereocenters. The quantitative estimate of drug-likeness (QED) is 0.782. The molecule has 1 aromatic carbocycles. The molecule has 0 aliphatic heterocycles. The summed E-state index contributed by atoms with van der Waals surface area (Å²) in [7, 11) is 0. The van der Waals surface area contributed by atoms with E-state index in [2.05, 4.69) is 5.32 Å². The van der Waals surface area contributed by atoms with E-state index in [9.17, 15) is 9.90 Å². The fourth-order valence-electron chi connectivity index (χ4n) is 2.91. The molecule has 4 N–H and O–H groups in total. The molecule has 0 aromatic heterocycles. The maximum absolute atomic E-state index is 12.0. The van der Waals surface area contributed by atoms with Gasteiger partial charge in [0.2, 0.25) is 0 Å². The number of carbonyl (C=O) groups excluding carboxylic acids is 1. The van der Waals surface area contributed by atoms with E-state index in [1.165, 1.54) is 19.3 Å². The lowest BCUT2D eigenvalue weighted by Gasteiger charge is -2.26. The van der Waals surface area contributed by atoms with Crippen molar-refractivity contribution >= 4 is 23.2 Å². The lowest BCUT2D eigenvalue weighted by molar-refractivity contribution is -0.125. The number of amides is 1. The lowest BCUT2D eigenvalue weighted by atomic mass is 9.84. The molecule has 4 nitrogen and oxygen atoms in total. The highest BCUT2D eigenvalue weighted by Crippen LogP contribution is 2.27. The molecule has 1 saturated carbocycles. The van der Waals surface area contributed by atoms with Crippen molar-refractivity contribution in [2.75, 3.05) is 5.32 Å². The third-order valence-corrected chi connectivity index (χ3v) is 4.33. The minimum atomic E-state index is -1.19. The van der Waals surface area contributed by atoms with Crippen LogP contribution in [-0.4, -0.2) is 23.2 Å². The number of aliphatic hydroxyl groups excluding tert-OH is 1. The Morgan fingerprint density at radius 1 is 1.38 bits per heavy atom. The Morgan fingerprint density at radius 2 is 2.10 bits per heavy atom. The van der Waals surface area contributed by atoms with E-state index in [0.717, 1.165) is 12.8 Å². The molecule has 0 saturated heterocycles. The Balaban J connectivity index is 1.85. The smallest absolute Gasteiger partial charge is 0.254 e. The molecule has 0 radical (unpaired) electrons. The van der Waals surface area contributed by atoms with Crippen molar-refractivity contribution in [3.05, 3.63) is 29.3 Å². The number of benzene rings is 1. The molecule has 0 heterocycles. The minimum Gasteiger partial charge on any atom is -0.382 e. The van der Waals surface area contributed by atoms with Gasteiger partial charge in [-0.25, -0.2) is 0 Å². The number of anilines is 1. The molecule has 2 atom stereocenters. The summed E-state index contributed by atoms with van der Waals surface area (Å²) in [5.74, 6) is 0.0583. The number of rotatable bonds is 5. The van der Waals surface area contributed by atoms with Crippen molar-refractivity contribution in [1.82, 2.24) is 0 Å². The Bertz CT molecular complexity index is 475. The first-order valence-electron chi connectivity index (χ1n) is 7.56. The number of nitrogens with one attached hydrogen (secondary N) is 1. The van der Waals surface area contributed by atoms with E-state index in [-0.39, 0.29) is 0 Å². The molecule has 0 spiro atoms. The van der Waals surface area contributed by atoms with Gasteiger partial charge in [-0.2, -0.15) is 0 Å². The zero-order chi connectivity index (χ0) is 15.2. The van der Waals surface area contributed by atoms with Crippen molar-refractivity contribution in [3.63, 3.8) is 0 Å². The van der Waals surface area contributed by atoms with Crippen LogP contribution in [-0.2, 0) is 4.79 Å². The van der Waals surface area contributed by atoms with Gasteiger partial charge in [-0.05, 0) is 30.5 Å². The molecule has 21 heavy (non-hydrogen) atoms. The molecule has 1 fully saturated rings. The van der Waals surface area contributed by atoms with Gasteiger partial charge in [-0.3, -0.25) is 4.79 Å². The topological polar surface area (TPSA) is 75.3 Å². The van der Waals surface area contributed by atoms with Gasteiger partial charge in [-0.15, -0.1) is 0 Å². The van der Waals surface area contributed by atoms with E-state index in [1.54, 1.807) is 24.3 Å². The van der Waals surface area contributed by atoms with Gasteiger partial charge in [0.25, 0.3) is 5.91 Å². The Labute approximate surface area is 130 Å². The molecule has 0 bridgehead atoms. The van der Waals surface area contributed by atoms with E-state index < -0.39 is 18.1 Å². The fraction of sp³-hybridized carbons (Fsp3) is 0.562. The predicted molar refractivity (Wildman–Crippen MR) is 85.3 cm³/mol. The molecule has 116 valence electrons. The van der Waals surface area contributed by atoms with Gasteiger partial charge >= 0.3 is 0 Å². The van der Waals surface area contributed by atoms with Crippen molar-refractivity contribution in [2.24, 2.45) is 11.7 Å². The van der Waals surface area contributed by atoms with Gasteiger partial charge in [0.15, 0.2) is 0 Å². The van der Waals surface area contributed by atoms with Crippen LogP contribution < -0.4 is 11.1 Å². The first kappa shape index (κ1) is 16.3. The van der Waals surface area contributed by atoms with E-state index in [0.29, 0.717) is 23.0 Å². The third-order valence-electron chi connectivity index (χ3n) is 4.10. The zero-order valence-electron chi connectivity index (χ0n) is 12.1. The second-order valence-electron chi connectivity index (χ2n) is 5.85. The van der Waals surface area contributed by atoms with Crippen LogP contribution in [0.3, 0.4) is 0 Å². The van der Waals surface area contributed by atoms with Gasteiger partial charge in [0.1, 0.15) is 6.10 Å². The van der Waals surface area contributed by atoms with Crippen LogP contribution in [0, 0.1) is 5.92 Å². The first-order chi connectivity index (χ1) is 10.1. The number of aliphatic hydroxyl groups is 1.